The van der Waals surface area contributed by atoms with Gasteiger partial charge in [-0.05, 0) is 34.1 Å². The Morgan fingerprint density at radius 3 is 2.39 bits per heavy atom. The van der Waals surface area contributed by atoms with Crippen LogP contribution < -0.4 is 14.8 Å². The Bertz CT molecular complexity index is 990. The molecule has 1 heterocycles. The average molecular weight is 469 g/mol. The van der Waals surface area contributed by atoms with Crippen LogP contribution in [0.25, 0.3) is 0 Å². The molecule has 0 fully saturated rings. The monoisotopic (exact) mass is 468 g/mol. The van der Waals surface area contributed by atoms with Crippen LogP contribution in [-0.4, -0.2) is 44.9 Å². The van der Waals surface area contributed by atoms with E-state index in [1.807, 2.05) is 0 Å². The first-order valence-corrected chi connectivity index (χ1v) is 11.1. The number of benzene rings is 2. The number of ether oxygens (including phenoxy) is 2. The van der Waals surface area contributed by atoms with Gasteiger partial charge < -0.3 is 14.8 Å². The van der Waals surface area contributed by atoms with E-state index in [1.54, 1.807) is 38.1 Å². The molecule has 0 spiro atoms. The molecule has 1 aliphatic rings. The van der Waals surface area contributed by atoms with E-state index in [2.05, 4.69) is 21.2 Å². The Morgan fingerprint density at radius 2 is 1.75 bits per heavy atom. The summed E-state index contributed by atoms with van der Waals surface area (Å²) in [5, 5.41) is 2.78. The lowest BCUT2D eigenvalue weighted by Gasteiger charge is -2.20. The average Bonchev–Trinajstić information content (AvgIpc) is 2.69. The van der Waals surface area contributed by atoms with E-state index in [-0.39, 0.29) is 10.5 Å². The van der Waals surface area contributed by atoms with Gasteiger partial charge in [-0.25, -0.2) is 8.42 Å². The number of sulfonamides is 1. The number of hydrogen-bond acceptors (Lipinski definition) is 5. The summed E-state index contributed by atoms with van der Waals surface area (Å²) in [6, 6.07) is 9.41. The normalized spacial score (nSPS) is 13.4. The zero-order valence-corrected chi connectivity index (χ0v) is 18.0. The summed E-state index contributed by atoms with van der Waals surface area (Å²) in [5.41, 5.74) is 0.751. The highest BCUT2D eigenvalue weighted by Crippen LogP contribution is 2.38. The first-order valence-electron chi connectivity index (χ1n) is 8.87. The Labute approximate surface area is 172 Å². The molecule has 0 atom stereocenters. The van der Waals surface area contributed by atoms with Gasteiger partial charge in [-0.2, -0.15) is 4.31 Å². The van der Waals surface area contributed by atoms with Gasteiger partial charge in [0.1, 0.15) is 13.2 Å². The summed E-state index contributed by atoms with van der Waals surface area (Å²) in [4.78, 5) is 12.8. The van der Waals surface area contributed by atoms with Gasteiger partial charge in [0.05, 0.1) is 10.6 Å². The van der Waals surface area contributed by atoms with E-state index in [1.165, 1.54) is 16.4 Å². The maximum Gasteiger partial charge on any atom is 0.255 e. The lowest BCUT2D eigenvalue weighted by molar-refractivity contribution is 0.102. The number of nitrogens with one attached hydrogen (secondary N) is 1. The molecule has 9 heteroatoms. The lowest BCUT2D eigenvalue weighted by Crippen LogP contribution is -2.30. The number of rotatable bonds is 6. The molecule has 0 radical (unpaired) electrons. The molecule has 0 saturated heterocycles. The third-order valence-corrected chi connectivity index (χ3v) is 7.02. The van der Waals surface area contributed by atoms with Crippen molar-refractivity contribution in [3.63, 3.8) is 0 Å². The quantitative estimate of drug-likeness (QED) is 0.700. The van der Waals surface area contributed by atoms with Crippen LogP contribution in [0.2, 0.25) is 0 Å². The van der Waals surface area contributed by atoms with Crippen molar-refractivity contribution in [3.05, 3.63) is 46.4 Å². The number of nitrogens with zero attached hydrogens (tertiary/aromatic N) is 1. The number of halogens is 1. The van der Waals surface area contributed by atoms with Crippen molar-refractivity contribution in [2.45, 2.75) is 18.7 Å². The fourth-order valence-corrected chi connectivity index (χ4v) is 4.79. The number of carbonyl (C=O) groups is 1. The van der Waals surface area contributed by atoms with E-state index >= 15 is 0 Å². The van der Waals surface area contributed by atoms with Crippen LogP contribution in [0, 0.1) is 0 Å². The van der Waals surface area contributed by atoms with E-state index in [9.17, 15) is 13.2 Å². The predicted molar refractivity (Wildman–Crippen MR) is 110 cm³/mol. The minimum Gasteiger partial charge on any atom is -0.486 e. The second kappa shape index (κ2) is 8.50. The van der Waals surface area contributed by atoms with E-state index in [0.29, 0.717) is 48.0 Å². The molecule has 2 aromatic rings. The van der Waals surface area contributed by atoms with Crippen molar-refractivity contribution in [3.8, 4) is 11.5 Å². The van der Waals surface area contributed by atoms with Crippen molar-refractivity contribution < 1.29 is 22.7 Å². The molecule has 0 aromatic heterocycles. The second-order valence-electron chi connectivity index (χ2n) is 6.05. The summed E-state index contributed by atoms with van der Waals surface area (Å²) >= 11 is 3.41. The Morgan fingerprint density at radius 1 is 1.11 bits per heavy atom. The molecule has 0 saturated carbocycles. The predicted octanol–water partition coefficient (Wildman–Crippen LogP) is 3.50. The standard InChI is InChI=1S/C19H21BrN2O5S/c1-3-22(4-2)28(24,25)14-7-5-6-13(10-14)19(23)21-16-12-18-17(11-15(16)20)26-8-9-27-18/h5-7,10-12H,3-4,8-9H2,1-2H3,(H,21,23). The SMILES string of the molecule is CCN(CC)S(=O)(=O)c1cccc(C(=O)Nc2cc3c(cc2Br)OCCO3)c1. The van der Waals surface area contributed by atoms with Crippen LogP contribution in [0.3, 0.4) is 0 Å². The van der Waals surface area contributed by atoms with Crippen LogP contribution in [-0.2, 0) is 10.0 Å². The molecular weight excluding hydrogens is 448 g/mol. The zero-order valence-electron chi connectivity index (χ0n) is 15.6. The molecule has 1 amide bonds. The number of anilines is 1. The summed E-state index contributed by atoms with van der Waals surface area (Å²) in [6.07, 6.45) is 0. The summed E-state index contributed by atoms with van der Waals surface area (Å²) < 4.78 is 38.4. The van der Waals surface area contributed by atoms with Crippen LogP contribution in [0.5, 0.6) is 11.5 Å². The van der Waals surface area contributed by atoms with Gasteiger partial charge in [0.2, 0.25) is 10.0 Å². The van der Waals surface area contributed by atoms with Crippen molar-refractivity contribution in [1.29, 1.82) is 0 Å². The van der Waals surface area contributed by atoms with Gasteiger partial charge in [-0.3, -0.25) is 4.79 Å². The highest BCUT2D eigenvalue weighted by atomic mass is 79.9. The van der Waals surface area contributed by atoms with Gasteiger partial charge in [0, 0.05) is 35.3 Å². The van der Waals surface area contributed by atoms with Crippen molar-refractivity contribution in [2.24, 2.45) is 0 Å². The van der Waals surface area contributed by atoms with Gasteiger partial charge in [0.15, 0.2) is 11.5 Å². The largest absolute Gasteiger partial charge is 0.486 e. The highest BCUT2D eigenvalue weighted by molar-refractivity contribution is 9.10. The fourth-order valence-electron chi connectivity index (χ4n) is 2.86. The highest BCUT2D eigenvalue weighted by Gasteiger charge is 2.23. The third-order valence-electron chi connectivity index (χ3n) is 4.32. The van der Waals surface area contributed by atoms with Crippen LogP contribution in [0.4, 0.5) is 5.69 Å². The molecule has 0 aliphatic carbocycles. The van der Waals surface area contributed by atoms with Crippen LogP contribution in [0.1, 0.15) is 24.2 Å². The first kappa shape index (κ1) is 20.6. The maximum absolute atomic E-state index is 12.7. The Kier molecular flexibility index (Phi) is 6.26. The first-order chi connectivity index (χ1) is 13.4. The Balaban J connectivity index is 1.86. The van der Waals surface area contributed by atoms with Crippen molar-refractivity contribution in [1.82, 2.24) is 4.31 Å². The van der Waals surface area contributed by atoms with Crippen LogP contribution in [0.15, 0.2) is 45.8 Å². The molecule has 1 aliphatic heterocycles. The molecule has 7 nitrogen and oxygen atoms in total. The minimum atomic E-state index is -3.64. The number of carbonyl (C=O) groups excluding carboxylic acids is 1. The van der Waals surface area contributed by atoms with Gasteiger partial charge >= 0.3 is 0 Å². The number of hydrogen-bond donors (Lipinski definition) is 1. The molecule has 1 N–H and O–H groups in total. The molecule has 3 rings (SSSR count). The molecule has 2 aromatic carbocycles. The third kappa shape index (κ3) is 4.16. The molecular formula is C19H21BrN2O5S. The fraction of sp³-hybridized carbons (Fsp3) is 0.316. The van der Waals surface area contributed by atoms with Crippen LogP contribution >= 0.6 is 15.9 Å². The van der Waals surface area contributed by atoms with Crippen molar-refractivity contribution >= 4 is 37.5 Å². The maximum atomic E-state index is 12.7. The number of fused-ring (bicyclic) bond motifs is 1. The minimum absolute atomic E-state index is 0.0880. The van der Waals surface area contributed by atoms with Gasteiger partial charge in [-0.15, -0.1) is 0 Å². The summed E-state index contributed by atoms with van der Waals surface area (Å²) in [7, 11) is -3.64. The zero-order chi connectivity index (χ0) is 20.3. The smallest absolute Gasteiger partial charge is 0.255 e. The number of amides is 1. The lowest BCUT2D eigenvalue weighted by atomic mass is 10.2. The van der Waals surface area contributed by atoms with E-state index < -0.39 is 15.9 Å². The molecule has 0 bridgehead atoms. The second-order valence-corrected chi connectivity index (χ2v) is 8.84. The van der Waals surface area contributed by atoms with Gasteiger partial charge in [0.25, 0.3) is 5.91 Å². The molecule has 28 heavy (non-hydrogen) atoms. The summed E-state index contributed by atoms with van der Waals surface area (Å²) in [6.45, 7) is 5.18. The van der Waals surface area contributed by atoms with E-state index in [0.717, 1.165) is 0 Å². The summed E-state index contributed by atoms with van der Waals surface area (Å²) in [5.74, 6) is 0.722. The van der Waals surface area contributed by atoms with Gasteiger partial charge in [-0.1, -0.05) is 19.9 Å². The Hall–Kier alpha value is -2.10. The molecule has 150 valence electrons. The molecule has 0 unspecified atom stereocenters. The van der Waals surface area contributed by atoms with Crippen molar-refractivity contribution in [2.75, 3.05) is 31.6 Å². The van der Waals surface area contributed by atoms with E-state index in [4.69, 9.17) is 9.47 Å². The topological polar surface area (TPSA) is 84.9 Å².